The first kappa shape index (κ1) is 18.2. The SMILES string of the molecule is COc1cccc(/C=C/C(=O)N(CCC(N)=O)c2ccc(F)cc2)c1. The summed E-state index contributed by atoms with van der Waals surface area (Å²) in [5.74, 6) is -0.580. The first-order chi connectivity index (χ1) is 12.0. The highest BCUT2D eigenvalue weighted by molar-refractivity contribution is 6.04. The van der Waals surface area contributed by atoms with Crippen LogP contribution in [0.3, 0.4) is 0 Å². The number of amides is 2. The quantitative estimate of drug-likeness (QED) is 0.787. The van der Waals surface area contributed by atoms with Gasteiger partial charge in [-0.3, -0.25) is 9.59 Å². The van der Waals surface area contributed by atoms with Crippen molar-refractivity contribution in [3.63, 3.8) is 0 Å². The Hall–Kier alpha value is -3.15. The predicted octanol–water partition coefficient (Wildman–Crippen LogP) is 2.76. The smallest absolute Gasteiger partial charge is 0.251 e. The van der Waals surface area contributed by atoms with Crippen LogP contribution in [0.1, 0.15) is 12.0 Å². The lowest BCUT2D eigenvalue weighted by atomic mass is 10.2. The van der Waals surface area contributed by atoms with Crippen LogP contribution in [0.5, 0.6) is 5.75 Å². The Labute approximate surface area is 145 Å². The van der Waals surface area contributed by atoms with Gasteiger partial charge in [0, 0.05) is 24.7 Å². The Balaban J connectivity index is 2.20. The minimum absolute atomic E-state index is 0.0100. The number of hydrogen-bond acceptors (Lipinski definition) is 3. The van der Waals surface area contributed by atoms with Crippen LogP contribution >= 0.6 is 0 Å². The van der Waals surface area contributed by atoms with Crippen molar-refractivity contribution in [3.05, 3.63) is 66.0 Å². The van der Waals surface area contributed by atoms with Crippen LogP contribution in [0.2, 0.25) is 0 Å². The average Bonchev–Trinajstić information content (AvgIpc) is 2.61. The Bertz CT molecular complexity index is 772. The fourth-order valence-corrected chi connectivity index (χ4v) is 2.21. The van der Waals surface area contributed by atoms with Crippen molar-refractivity contribution in [1.82, 2.24) is 0 Å². The summed E-state index contributed by atoms with van der Waals surface area (Å²) in [5, 5.41) is 0. The Morgan fingerprint density at radius 1 is 1.20 bits per heavy atom. The molecule has 2 aromatic carbocycles. The first-order valence-corrected chi connectivity index (χ1v) is 7.67. The molecule has 25 heavy (non-hydrogen) atoms. The molecule has 130 valence electrons. The third-order valence-electron chi connectivity index (χ3n) is 3.50. The molecule has 0 saturated heterocycles. The molecule has 0 aliphatic rings. The standard InChI is InChI=1S/C19H19FN2O3/c1-25-17-4-2-3-14(13-17)5-10-19(24)22(12-11-18(21)23)16-8-6-15(20)7-9-16/h2-10,13H,11-12H2,1H3,(H2,21,23)/b10-5+. The van der Waals surface area contributed by atoms with Gasteiger partial charge >= 0.3 is 0 Å². The number of ether oxygens (including phenoxy) is 1. The van der Waals surface area contributed by atoms with Crippen molar-refractivity contribution >= 4 is 23.6 Å². The van der Waals surface area contributed by atoms with E-state index in [0.29, 0.717) is 11.4 Å². The number of halogens is 1. The molecule has 0 atom stereocenters. The van der Waals surface area contributed by atoms with E-state index in [1.165, 1.54) is 35.2 Å². The van der Waals surface area contributed by atoms with Gasteiger partial charge in [0.2, 0.25) is 5.91 Å². The molecular weight excluding hydrogens is 323 g/mol. The molecule has 5 nitrogen and oxygen atoms in total. The van der Waals surface area contributed by atoms with Crippen molar-refractivity contribution in [2.24, 2.45) is 5.73 Å². The van der Waals surface area contributed by atoms with E-state index in [9.17, 15) is 14.0 Å². The molecule has 0 saturated carbocycles. The van der Waals surface area contributed by atoms with E-state index in [1.54, 1.807) is 25.3 Å². The molecule has 0 fully saturated rings. The molecule has 2 amide bonds. The zero-order valence-electron chi connectivity index (χ0n) is 13.8. The van der Waals surface area contributed by atoms with Crippen LogP contribution in [0.4, 0.5) is 10.1 Å². The molecule has 6 heteroatoms. The molecule has 0 radical (unpaired) electrons. The lowest BCUT2D eigenvalue weighted by Gasteiger charge is -2.20. The van der Waals surface area contributed by atoms with Gasteiger partial charge in [-0.05, 0) is 48.0 Å². The van der Waals surface area contributed by atoms with E-state index in [1.807, 2.05) is 12.1 Å². The van der Waals surface area contributed by atoms with Gasteiger partial charge in [0.15, 0.2) is 0 Å². The molecule has 0 bridgehead atoms. The maximum absolute atomic E-state index is 13.1. The van der Waals surface area contributed by atoms with Crippen LogP contribution < -0.4 is 15.4 Å². The van der Waals surface area contributed by atoms with E-state index in [0.717, 1.165) is 5.56 Å². The van der Waals surface area contributed by atoms with Crippen LogP contribution in [0, 0.1) is 5.82 Å². The molecule has 0 spiro atoms. The molecule has 0 aliphatic carbocycles. The van der Waals surface area contributed by atoms with Gasteiger partial charge in [0.1, 0.15) is 11.6 Å². The zero-order valence-corrected chi connectivity index (χ0v) is 13.8. The van der Waals surface area contributed by atoms with Gasteiger partial charge in [-0.2, -0.15) is 0 Å². The van der Waals surface area contributed by atoms with Crippen molar-refractivity contribution < 1.29 is 18.7 Å². The number of nitrogens with zero attached hydrogens (tertiary/aromatic N) is 1. The summed E-state index contributed by atoms with van der Waals surface area (Å²) in [6.45, 7) is 0.113. The molecule has 0 heterocycles. The highest BCUT2D eigenvalue weighted by Crippen LogP contribution is 2.17. The van der Waals surface area contributed by atoms with Gasteiger partial charge in [-0.15, -0.1) is 0 Å². The van der Waals surface area contributed by atoms with E-state index < -0.39 is 11.7 Å². The maximum Gasteiger partial charge on any atom is 0.251 e. The van der Waals surface area contributed by atoms with Gasteiger partial charge in [-0.25, -0.2) is 4.39 Å². The molecule has 2 N–H and O–H groups in total. The van der Waals surface area contributed by atoms with Crippen molar-refractivity contribution in [3.8, 4) is 5.75 Å². The Morgan fingerprint density at radius 3 is 2.56 bits per heavy atom. The highest BCUT2D eigenvalue weighted by atomic mass is 19.1. The average molecular weight is 342 g/mol. The third kappa shape index (κ3) is 5.46. The molecule has 2 rings (SSSR count). The van der Waals surface area contributed by atoms with Crippen molar-refractivity contribution in [2.75, 3.05) is 18.6 Å². The Kier molecular flexibility index (Phi) is 6.28. The number of carbonyl (C=O) groups is 2. The summed E-state index contributed by atoms with van der Waals surface area (Å²) in [7, 11) is 1.56. The topological polar surface area (TPSA) is 72.6 Å². The summed E-state index contributed by atoms with van der Waals surface area (Å²) in [6, 6.07) is 12.7. The first-order valence-electron chi connectivity index (χ1n) is 7.67. The lowest BCUT2D eigenvalue weighted by Crippen LogP contribution is -2.32. The minimum atomic E-state index is -0.517. The normalized spacial score (nSPS) is 10.6. The second kappa shape index (κ2) is 8.63. The largest absolute Gasteiger partial charge is 0.497 e. The number of anilines is 1. The number of benzene rings is 2. The van der Waals surface area contributed by atoms with E-state index in [-0.39, 0.29) is 18.9 Å². The van der Waals surface area contributed by atoms with Crippen LogP contribution in [-0.4, -0.2) is 25.5 Å². The van der Waals surface area contributed by atoms with Crippen molar-refractivity contribution in [2.45, 2.75) is 6.42 Å². The fourth-order valence-electron chi connectivity index (χ4n) is 2.21. The lowest BCUT2D eigenvalue weighted by molar-refractivity contribution is -0.118. The summed E-state index contributed by atoms with van der Waals surface area (Å²) < 4.78 is 18.2. The number of primary amides is 1. The predicted molar refractivity (Wildman–Crippen MR) is 94.6 cm³/mol. The van der Waals surface area contributed by atoms with Gasteiger partial charge in [0.25, 0.3) is 5.91 Å². The highest BCUT2D eigenvalue weighted by Gasteiger charge is 2.14. The fraction of sp³-hybridized carbons (Fsp3) is 0.158. The number of rotatable bonds is 7. The minimum Gasteiger partial charge on any atom is -0.497 e. The number of nitrogens with two attached hydrogens (primary N) is 1. The molecule has 0 aromatic heterocycles. The second-order valence-corrected chi connectivity index (χ2v) is 5.29. The van der Waals surface area contributed by atoms with Crippen LogP contribution in [0.15, 0.2) is 54.6 Å². The van der Waals surface area contributed by atoms with Gasteiger partial charge < -0.3 is 15.4 Å². The van der Waals surface area contributed by atoms with E-state index >= 15 is 0 Å². The van der Waals surface area contributed by atoms with Gasteiger partial charge in [0.05, 0.1) is 7.11 Å². The molecule has 0 aliphatic heterocycles. The van der Waals surface area contributed by atoms with Gasteiger partial charge in [-0.1, -0.05) is 12.1 Å². The van der Waals surface area contributed by atoms with E-state index in [2.05, 4.69) is 0 Å². The molecular formula is C19H19FN2O3. The van der Waals surface area contributed by atoms with Crippen LogP contribution in [-0.2, 0) is 9.59 Å². The van der Waals surface area contributed by atoms with E-state index in [4.69, 9.17) is 10.5 Å². The Morgan fingerprint density at radius 2 is 1.92 bits per heavy atom. The number of hydrogen-bond donors (Lipinski definition) is 1. The van der Waals surface area contributed by atoms with Crippen LogP contribution in [0.25, 0.3) is 6.08 Å². The summed E-state index contributed by atoms with van der Waals surface area (Å²) in [6.07, 6.45) is 3.04. The zero-order chi connectivity index (χ0) is 18.2. The molecule has 2 aromatic rings. The number of methoxy groups -OCH3 is 1. The maximum atomic E-state index is 13.1. The summed E-state index contributed by atoms with van der Waals surface area (Å²) in [5.41, 5.74) is 6.45. The summed E-state index contributed by atoms with van der Waals surface area (Å²) >= 11 is 0. The van der Waals surface area contributed by atoms with Crippen molar-refractivity contribution in [1.29, 1.82) is 0 Å². The third-order valence-corrected chi connectivity index (χ3v) is 3.50. The monoisotopic (exact) mass is 342 g/mol. The second-order valence-electron chi connectivity index (χ2n) is 5.29. The number of carbonyl (C=O) groups excluding carboxylic acids is 2. The molecule has 0 unspecified atom stereocenters. The summed E-state index contributed by atoms with van der Waals surface area (Å²) in [4.78, 5) is 25.0.